The molecular formula is C26H19FN5O3S+. The van der Waals surface area contributed by atoms with Crippen molar-refractivity contribution in [3.8, 4) is 5.82 Å². The number of hydrogen-bond donors (Lipinski definition) is 2. The average Bonchev–Trinajstić information content (AvgIpc) is 2.89. The van der Waals surface area contributed by atoms with Gasteiger partial charge in [-0.1, -0.05) is 30.3 Å². The third-order valence-corrected chi connectivity index (χ3v) is 6.60. The van der Waals surface area contributed by atoms with Gasteiger partial charge in [0.05, 0.1) is 16.8 Å². The van der Waals surface area contributed by atoms with Crippen LogP contribution in [0.3, 0.4) is 0 Å². The Bertz CT molecular complexity index is 1680. The fourth-order valence-electron chi connectivity index (χ4n) is 3.51. The molecule has 0 aliphatic rings. The maximum Gasteiger partial charge on any atom is 0.372 e. The number of carbonyl (C=O) groups is 1. The van der Waals surface area contributed by atoms with Gasteiger partial charge in [0.2, 0.25) is 11.3 Å². The van der Waals surface area contributed by atoms with E-state index in [2.05, 4.69) is 20.0 Å². The zero-order valence-electron chi connectivity index (χ0n) is 18.7. The minimum atomic E-state index is -3.95. The van der Waals surface area contributed by atoms with Gasteiger partial charge in [-0.2, -0.15) is 4.57 Å². The number of rotatable bonds is 6. The molecule has 0 radical (unpaired) electrons. The predicted octanol–water partition coefficient (Wildman–Crippen LogP) is 4.10. The molecule has 2 aromatic heterocycles. The highest BCUT2D eigenvalue weighted by Gasteiger charge is 2.25. The lowest BCUT2D eigenvalue weighted by molar-refractivity contribution is -0.598. The molecule has 10 heteroatoms. The van der Waals surface area contributed by atoms with E-state index in [4.69, 9.17) is 0 Å². The van der Waals surface area contributed by atoms with Gasteiger partial charge in [0.1, 0.15) is 17.5 Å². The van der Waals surface area contributed by atoms with E-state index in [-0.39, 0.29) is 22.1 Å². The van der Waals surface area contributed by atoms with Crippen LogP contribution in [0, 0.1) is 5.82 Å². The first-order valence-corrected chi connectivity index (χ1v) is 12.3. The normalized spacial score (nSPS) is 11.2. The summed E-state index contributed by atoms with van der Waals surface area (Å²) < 4.78 is 43.4. The van der Waals surface area contributed by atoms with Gasteiger partial charge in [0.25, 0.3) is 15.9 Å². The van der Waals surface area contributed by atoms with Crippen molar-refractivity contribution in [2.45, 2.75) is 4.90 Å². The third kappa shape index (κ3) is 4.89. The van der Waals surface area contributed by atoms with Crippen LogP contribution in [0.5, 0.6) is 0 Å². The van der Waals surface area contributed by atoms with Gasteiger partial charge in [-0.3, -0.25) is 9.52 Å². The van der Waals surface area contributed by atoms with Crippen molar-refractivity contribution in [2.24, 2.45) is 0 Å². The average molecular weight is 501 g/mol. The summed E-state index contributed by atoms with van der Waals surface area (Å²) in [5.41, 5.74) is 1.77. The molecule has 178 valence electrons. The number of carbonyl (C=O) groups excluding carboxylic acids is 1. The molecule has 0 spiro atoms. The second-order valence-corrected chi connectivity index (χ2v) is 9.45. The molecule has 0 aliphatic heterocycles. The number of hydrogen-bond acceptors (Lipinski definition) is 5. The van der Waals surface area contributed by atoms with Crippen LogP contribution in [-0.2, 0) is 10.0 Å². The molecule has 0 unspecified atom stereocenters. The first kappa shape index (κ1) is 23.1. The maximum absolute atomic E-state index is 13.2. The maximum atomic E-state index is 13.2. The van der Waals surface area contributed by atoms with Crippen molar-refractivity contribution < 1.29 is 22.2 Å². The highest BCUT2D eigenvalue weighted by atomic mass is 32.2. The van der Waals surface area contributed by atoms with E-state index in [0.717, 1.165) is 0 Å². The Labute approximate surface area is 206 Å². The van der Waals surface area contributed by atoms with Crippen LogP contribution in [0.2, 0.25) is 0 Å². The number of nitrogens with one attached hydrogen (secondary N) is 2. The molecule has 0 saturated heterocycles. The minimum Gasteiger partial charge on any atom is -0.319 e. The largest absolute Gasteiger partial charge is 0.372 e. The minimum absolute atomic E-state index is 0.0181. The Morgan fingerprint density at radius 2 is 1.47 bits per heavy atom. The van der Waals surface area contributed by atoms with Gasteiger partial charge in [-0.15, -0.1) is 0 Å². The standard InChI is InChI=1S/C26H18FN5O3S/c27-19-14-12-18(13-15-19)26(33)28-20-7-6-16-32(17-20)25-24(29-22-10-4-5-11-23(22)30-25)31-36(34,35)21-8-2-1-3-9-21/h1-17H,(H-,28,29,31,33)/p+1. The zero-order chi connectivity index (χ0) is 25.1. The second kappa shape index (κ2) is 9.51. The number of halogens is 1. The highest BCUT2D eigenvalue weighted by molar-refractivity contribution is 7.92. The Morgan fingerprint density at radius 1 is 0.806 bits per heavy atom. The number of benzene rings is 3. The van der Waals surface area contributed by atoms with Crippen LogP contribution in [0.15, 0.2) is 108 Å². The summed E-state index contributed by atoms with van der Waals surface area (Å²) >= 11 is 0. The molecule has 0 fully saturated rings. The van der Waals surface area contributed by atoms with Gasteiger partial charge in [-0.25, -0.2) is 17.8 Å². The summed E-state index contributed by atoms with van der Waals surface area (Å²) in [7, 11) is -3.95. The van der Waals surface area contributed by atoms with Crippen LogP contribution in [0.25, 0.3) is 16.9 Å². The number of amides is 1. The van der Waals surface area contributed by atoms with Crippen LogP contribution in [0.1, 0.15) is 10.4 Å². The summed E-state index contributed by atoms with van der Waals surface area (Å²) in [5, 5.41) is 2.75. The van der Waals surface area contributed by atoms with E-state index in [1.807, 2.05) is 0 Å². The van der Waals surface area contributed by atoms with Crippen LogP contribution >= 0.6 is 0 Å². The first-order valence-electron chi connectivity index (χ1n) is 10.8. The number of para-hydroxylation sites is 2. The monoisotopic (exact) mass is 500 g/mol. The van der Waals surface area contributed by atoms with Gasteiger partial charge in [-0.05, 0) is 65.6 Å². The Morgan fingerprint density at radius 3 is 2.19 bits per heavy atom. The lowest BCUT2D eigenvalue weighted by atomic mass is 10.2. The van der Waals surface area contributed by atoms with Gasteiger partial charge >= 0.3 is 5.82 Å². The number of sulfonamides is 1. The number of fused-ring (bicyclic) bond motifs is 1. The van der Waals surface area contributed by atoms with E-state index in [1.165, 1.54) is 36.4 Å². The molecule has 8 nitrogen and oxygen atoms in total. The SMILES string of the molecule is O=C(Nc1ccc[n+](-c2nc3ccccc3nc2NS(=O)(=O)c2ccccc2)c1)c1ccc(F)cc1. The fraction of sp³-hybridized carbons (Fsp3) is 0. The Kier molecular flexibility index (Phi) is 6.09. The molecule has 5 aromatic rings. The Balaban J connectivity index is 1.54. The zero-order valence-corrected chi connectivity index (χ0v) is 19.5. The summed E-state index contributed by atoms with van der Waals surface area (Å²) in [6.07, 6.45) is 3.24. The lowest BCUT2D eigenvalue weighted by Crippen LogP contribution is -2.34. The fourth-order valence-corrected chi connectivity index (χ4v) is 4.54. The van der Waals surface area contributed by atoms with Crippen LogP contribution in [0.4, 0.5) is 15.9 Å². The molecule has 0 saturated carbocycles. The second-order valence-electron chi connectivity index (χ2n) is 7.76. The van der Waals surface area contributed by atoms with Crippen molar-refractivity contribution in [1.82, 2.24) is 9.97 Å². The lowest BCUT2D eigenvalue weighted by Gasteiger charge is -2.10. The van der Waals surface area contributed by atoms with Crippen molar-refractivity contribution in [3.05, 3.63) is 115 Å². The van der Waals surface area contributed by atoms with E-state index in [1.54, 1.807) is 71.6 Å². The summed E-state index contributed by atoms with van der Waals surface area (Å²) in [5.74, 6) is -0.637. The third-order valence-electron chi connectivity index (χ3n) is 5.25. The molecule has 0 bridgehead atoms. The summed E-state index contributed by atoms with van der Waals surface area (Å²) in [4.78, 5) is 21.8. The molecule has 0 aliphatic carbocycles. The van der Waals surface area contributed by atoms with Crippen LogP contribution in [-0.4, -0.2) is 24.3 Å². The molecule has 36 heavy (non-hydrogen) atoms. The highest BCUT2D eigenvalue weighted by Crippen LogP contribution is 2.21. The molecular weight excluding hydrogens is 481 g/mol. The van der Waals surface area contributed by atoms with E-state index < -0.39 is 21.7 Å². The number of nitrogens with zero attached hydrogens (tertiary/aromatic N) is 3. The van der Waals surface area contributed by atoms with Crippen molar-refractivity contribution in [2.75, 3.05) is 10.0 Å². The quantitative estimate of drug-likeness (QED) is 0.342. The van der Waals surface area contributed by atoms with E-state index in [9.17, 15) is 17.6 Å². The van der Waals surface area contributed by atoms with Crippen molar-refractivity contribution in [3.63, 3.8) is 0 Å². The van der Waals surface area contributed by atoms with Crippen molar-refractivity contribution in [1.29, 1.82) is 0 Å². The van der Waals surface area contributed by atoms with Gasteiger partial charge < -0.3 is 5.32 Å². The molecule has 5 rings (SSSR count). The van der Waals surface area contributed by atoms with Gasteiger partial charge in [0.15, 0.2) is 0 Å². The van der Waals surface area contributed by atoms with Crippen molar-refractivity contribution >= 4 is 38.5 Å². The van der Waals surface area contributed by atoms with E-state index >= 15 is 0 Å². The Hall–Kier alpha value is -4.70. The molecule has 0 atom stereocenters. The molecule has 3 aromatic carbocycles. The number of anilines is 2. The number of aromatic nitrogens is 3. The smallest absolute Gasteiger partial charge is 0.319 e. The molecule has 1 amide bonds. The topological polar surface area (TPSA) is 105 Å². The molecule has 2 N–H and O–H groups in total. The van der Waals surface area contributed by atoms with Gasteiger partial charge in [0, 0.05) is 5.56 Å². The summed E-state index contributed by atoms with van der Waals surface area (Å²) in [6, 6.07) is 23.5. The van der Waals surface area contributed by atoms with Crippen LogP contribution < -0.4 is 14.6 Å². The first-order chi connectivity index (χ1) is 17.4. The van der Waals surface area contributed by atoms with E-state index in [0.29, 0.717) is 16.7 Å². The summed E-state index contributed by atoms with van der Waals surface area (Å²) in [6.45, 7) is 0. The number of pyridine rings is 1. The molecule has 2 heterocycles. The predicted molar refractivity (Wildman–Crippen MR) is 133 cm³/mol.